The first kappa shape index (κ1) is 11.5. The van der Waals surface area contributed by atoms with E-state index in [1.165, 1.54) is 28.5 Å². The Hall–Kier alpha value is -1.57. The first-order valence-electron chi connectivity index (χ1n) is 6.83. The quantitative estimate of drug-likeness (QED) is 0.852. The zero-order chi connectivity index (χ0) is 12.5. The average Bonchev–Trinajstić information content (AvgIpc) is 2.75. The van der Waals surface area contributed by atoms with Crippen molar-refractivity contribution in [2.75, 3.05) is 0 Å². The molecule has 0 bridgehead atoms. The Bertz CT molecular complexity index is 582. The van der Waals surface area contributed by atoms with Crippen LogP contribution in [-0.4, -0.2) is 10.8 Å². The van der Waals surface area contributed by atoms with E-state index in [2.05, 4.69) is 36.3 Å². The molecule has 1 atom stereocenters. The Morgan fingerprint density at radius 1 is 1.33 bits per heavy atom. The van der Waals surface area contributed by atoms with Gasteiger partial charge >= 0.3 is 0 Å². The van der Waals surface area contributed by atoms with Crippen LogP contribution in [0.3, 0.4) is 0 Å². The van der Waals surface area contributed by atoms with E-state index >= 15 is 0 Å². The number of Topliss-reactive ketones (excluding diaryl/α,β-unsaturated/α-hetero) is 1. The van der Waals surface area contributed by atoms with E-state index in [0.717, 1.165) is 25.7 Å². The lowest BCUT2D eigenvalue weighted by atomic mass is 9.83. The van der Waals surface area contributed by atoms with Crippen LogP contribution in [0.5, 0.6) is 0 Å². The van der Waals surface area contributed by atoms with E-state index in [0.29, 0.717) is 5.78 Å². The van der Waals surface area contributed by atoms with Gasteiger partial charge in [0.25, 0.3) is 0 Å². The van der Waals surface area contributed by atoms with Gasteiger partial charge in [-0.15, -0.1) is 0 Å². The average molecular weight is 241 g/mol. The number of fused-ring (bicyclic) bond motifs is 1. The monoisotopic (exact) mass is 241 g/mol. The van der Waals surface area contributed by atoms with Crippen molar-refractivity contribution in [3.8, 4) is 0 Å². The van der Waals surface area contributed by atoms with Gasteiger partial charge in [-0.1, -0.05) is 18.1 Å². The second kappa shape index (κ2) is 4.60. The lowest BCUT2D eigenvalue weighted by molar-refractivity contribution is -0.124. The van der Waals surface area contributed by atoms with E-state index < -0.39 is 0 Å². The molecule has 0 amide bonds. The van der Waals surface area contributed by atoms with Crippen molar-refractivity contribution in [3.05, 3.63) is 35.5 Å². The minimum Gasteiger partial charge on any atom is -0.361 e. The highest BCUT2D eigenvalue weighted by molar-refractivity contribution is 5.86. The molecule has 1 aromatic heterocycles. The second-order valence-electron chi connectivity index (χ2n) is 5.48. The molecule has 2 aromatic rings. The van der Waals surface area contributed by atoms with Gasteiger partial charge in [0.15, 0.2) is 0 Å². The minimum atomic E-state index is 0.248. The van der Waals surface area contributed by atoms with Crippen LogP contribution in [0.2, 0.25) is 0 Å². The normalized spacial score (nSPS) is 20.5. The highest BCUT2D eigenvalue weighted by atomic mass is 16.1. The van der Waals surface area contributed by atoms with Gasteiger partial charge in [-0.3, -0.25) is 4.79 Å². The molecule has 1 N–H and O–H groups in total. The van der Waals surface area contributed by atoms with Crippen molar-refractivity contribution in [3.63, 3.8) is 0 Å². The number of rotatable bonds is 2. The van der Waals surface area contributed by atoms with Gasteiger partial charge in [0, 0.05) is 29.4 Å². The van der Waals surface area contributed by atoms with Crippen LogP contribution in [0, 0.1) is 12.8 Å². The second-order valence-corrected chi connectivity index (χ2v) is 5.48. The number of aromatic nitrogens is 1. The summed E-state index contributed by atoms with van der Waals surface area (Å²) < 4.78 is 0. The number of ketones is 1. The highest BCUT2D eigenvalue weighted by Gasteiger charge is 2.23. The van der Waals surface area contributed by atoms with Gasteiger partial charge in [-0.2, -0.15) is 0 Å². The van der Waals surface area contributed by atoms with Crippen LogP contribution in [0.4, 0.5) is 0 Å². The summed E-state index contributed by atoms with van der Waals surface area (Å²) in [5.74, 6) is 0.710. The van der Waals surface area contributed by atoms with Gasteiger partial charge in [0.05, 0.1) is 0 Å². The molecular weight excluding hydrogens is 222 g/mol. The number of H-pyrrole nitrogens is 1. The summed E-state index contributed by atoms with van der Waals surface area (Å²) in [7, 11) is 0. The van der Waals surface area contributed by atoms with Gasteiger partial charge in [-0.25, -0.2) is 0 Å². The minimum absolute atomic E-state index is 0.248. The van der Waals surface area contributed by atoms with Crippen molar-refractivity contribution in [2.45, 2.75) is 39.0 Å². The molecule has 1 unspecified atom stereocenters. The summed E-state index contributed by atoms with van der Waals surface area (Å²) >= 11 is 0. The third-order valence-electron chi connectivity index (χ3n) is 4.07. The molecule has 1 heterocycles. The van der Waals surface area contributed by atoms with Crippen molar-refractivity contribution in [2.24, 2.45) is 5.92 Å². The van der Waals surface area contributed by atoms with E-state index in [9.17, 15) is 4.79 Å². The van der Waals surface area contributed by atoms with Crippen molar-refractivity contribution in [1.82, 2.24) is 4.98 Å². The van der Waals surface area contributed by atoms with E-state index in [1.54, 1.807) is 0 Å². The Morgan fingerprint density at radius 3 is 3.06 bits per heavy atom. The first-order valence-corrected chi connectivity index (χ1v) is 6.83. The molecule has 1 fully saturated rings. The number of nitrogens with one attached hydrogen (secondary N) is 1. The van der Waals surface area contributed by atoms with E-state index in [1.807, 2.05) is 0 Å². The number of aromatic amines is 1. The molecule has 1 saturated carbocycles. The SMILES string of the molecule is Cc1ccc2[nH]cc(CC3CCCCC3=O)c2c1. The van der Waals surface area contributed by atoms with Gasteiger partial charge in [0.2, 0.25) is 0 Å². The summed E-state index contributed by atoms with van der Waals surface area (Å²) in [6.07, 6.45) is 7.12. The van der Waals surface area contributed by atoms with Gasteiger partial charge < -0.3 is 4.98 Å². The summed E-state index contributed by atoms with van der Waals surface area (Å²) in [4.78, 5) is 15.2. The van der Waals surface area contributed by atoms with Crippen LogP contribution in [-0.2, 0) is 11.2 Å². The lowest BCUT2D eigenvalue weighted by Gasteiger charge is -2.19. The van der Waals surface area contributed by atoms with Crippen LogP contribution in [0.25, 0.3) is 10.9 Å². The summed E-state index contributed by atoms with van der Waals surface area (Å²) in [5, 5.41) is 1.29. The number of carbonyl (C=O) groups is 1. The summed E-state index contributed by atoms with van der Waals surface area (Å²) in [5.41, 5.74) is 3.76. The molecule has 0 saturated heterocycles. The number of benzene rings is 1. The van der Waals surface area contributed by atoms with Crippen LogP contribution in [0.1, 0.15) is 36.8 Å². The van der Waals surface area contributed by atoms with E-state index in [4.69, 9.17) is 0 Å². The van der Waals surface area contributed by atoms with Crippen molar-refractivity contribution in [1.29, 1.82) is 0 Å². The van der Waals surface area contributed by atoms with Crippen LogP contribution >= 0.6 is 0 Å². The number of hydrogen-bond acceptors (Lipinski definition) is 1. The fraction of sp³-hybridized carbons (Fsp3) is 0.438. The van der Waals surface area contributed by atoms with E-state index in [-0.39, 0.29) is 5.92 Å². The molecule has 1 aliphatic rings. The molecule has 1 aromatic carbocycles. The smallest absolute Gasteiger partial charge is 0.136 e. The maximum atomic E-state index is 11.9. The maximum absolute atomic E-state index is 11.9. The molecule has 3 rings (SSSR count). The number of aryl methyl sites for hydroxylation is 1. The molecule has 0 aliphatic heterocycles. The Morgan fingerprint density at radius 2 is 2.22 bits per heavy atom. The van der Waals surface area contributed by atoms with Crippen molar-refractivity contribution < 1.29 is 4.79 Å². The molecule has 18 heavy (non-hydrogen) atoms. The topological polar surface area (TPSA) is 32.9 Å². The zero-order valence-corrected chi connectivity index (χ0v) is 10.8. The third-order valence-corrected chi connectivity index (χ3v) is 4.07. The third kappa shape index (κ3) is 2.07. The zero-order valence-electron chi connectivity index (χ0n) is 10.8. The molecule has 0 radical (unpaired) electrons. The molecular formula is C16H19NO. The standard InChI is InChI=1S/C16H19NO/c1-11-6-7-15-14(8-11)13(10-17-15)9-12-4-2-3-5-16(12)18/h6-8,10,12,17H,2-5,9H2,1H3. The highest BCUT2D eigenvalue weighted by Crippen LogP contribution is 2.28. The predicted molar refractivity (Wildman–Crippen MR) is 73.7 cm³/mol. The molecule has 2 nitrogen and oxygen atoms in total. The largest absolute Gasteiger partial charge is 0.361 e. The first-order chi connectivity index (χ1) is 8.74. The Labute approximate surface area is 107 Å². The number of carbonyl (C=O) groups excluding carboxylic acids is 1. The Kier molecular flexibility index (Phi) is 2.94. The van der Waals surface area contributed by atoms with Crippen molar-refractivity contribution >= 4 is 16.7 Å². The number of hydrogen-bond donors (Lipinski definition) is 1. The van der Waals surface area contributed by atoms with Gasteiger partial charge in [0.1, 0.15) is 5.78 Å². The molecule has 0 spiro atoms. The summed E-state index contributed by atoms with van der Waals surface area (Å²) in [6, 6.07) is 6.46. The van der Waals surface area contributed by atoms with Crippen LogP contribution in [0.15, 0.2) is 24.4 Å². The predicted octanol–water partition coefficient (Wildman–Crippen LogP) is 3.78. The fourth-order valence-electron chi connectivity index (χ4n) is 3.00. The molecule has 94 valence electrons. The lowest BCUT2D eigenvalue weighted by Crippen LogP contribution is -2.20. The molecule has 1 aliphatic carbocycles. The maximum Gasteiger partial charge on any atom is 0.136 e. The summed E-state index contributed by atoms with van der Waals surface area (Å²) in [6.45, 7) is 2.11. The Balaban J connectivity index is 1.90. The van der Waals surface area contributed by atoms with Gasteiger partial charge in [-0.05, 0) is 43.9 Å². The van der Waals surface area contributed by atoms with Crippen LogP contribution < -0.4 is 0 Å². The molecule has 2 heteroatoms. The fourth-order valence-corrected chi connectivity index (χ4v) is 3.00.